The highest BCUT2D eigenvalue weighted by Gasteiger charge is 2.35. The van der Waals surface area contributed by atoms with E-state index in [-0.39, 0.29) is 5.54 Å². The molecule has 1 heterocycles. The van der Waals surface area contributed by atoms with Crippen molar-refractivity contribution in [1.82, 2.24) is 10.3 Å². The first-order valence-electron chi connectivity index (χ1n) is 7.33. The van der Waals surface area contributed by atoms with Crippen molar-refractivity contribution >= 4 is 11.3 Å². The molecule has 0 aromatic carbocycles. The van der Waals surface area contributed by atoms with Gasteiger partial charge in [-0.05, 0) is 33.6 Å². The van der Waals surface area contributed by atoms with Crippen molar-refractivity contribution in [1.29, 1.82) is 0 Å². The lowest BCUT2D eigenvalue weighted by Crippen LogP contribution is -2.46. The smallest absolute Gasteiger partial charge is 0.113 e. The van der Waals surface area contributed by atoms with Crippen LogP contribution in [0.15, 0.2) is 5.38 Å². The van der Waals surface area contributed by atoms with E-state index in [1.807, 2.05) is 11.3 Å². The van der Waals surface area contributed by atoms with E-state index in [9.17, 15) is 0 Å². The number of hydrogen-bond acceptors (Lipinski definition) is 3. The standard InChI is InChI=1S/C15H26N2S/c1-12(2)17-15(14-16-13(3)11-18-14)9-7-5-4-6-8-10-15/h11-12,17H,4-10H2,1-3H3. The van der Waals surface area contributed by atoms with Crippen molar-refractivity contribution in [3.05, 3.63) is 16.1 Å². The molecule has 1 saturated carbocycles. The molecule has 102 valence electrons. The average molecular weight is 266 g/mol. The summed E-state index contributed by atoms with van der Waals surface area (Å²) in [4.78, 5) is 4.79. The molecule has 2 nitrogen and oxygen atoms in total. The van der Waals surface area contributed by atoms with Crippen molar-refractivity contribution in [3.63, 3.8) is 0 Å². The summed E-state index contributed by atoms with van der Waals surface area (Å²) in [5.41, 5.74) is 1.31. The molecule has 0 amide bonds. The highest BCUT2D eigenvalue weighted by Crippen LogP contribution is 2.37. The number of rotatable bonds is 3. The number of nitrogens with zero attached hydrogens (tertiary/aromatic N) is 1. The molecule has 0 bridgehead atoms. The summed E-state index contributed by atoms with van der Waals surface area (Å²) >= 11 is 1.84. The molecule has 0 aliphatic heterocycles. The summed E-state index contributed by atoms with van der Waals surface area (Å²) in [5, 5.41) is 7.35. The van der Waals surface area contributed by atoms with Crippen LogP contribution in [0.5, 0.6) is 0 Å². The third-order valence-corrected chi connectivity index (χ3v) is 4.96. The van der Waals surface area contributed by atoms with Crippen LogP contribution in [0.3, 0.4) is 0 Å². The average Bonchev–Trinajstić information content (AvgIpc) is 2.69. The molecular formula is C15H26N2S. The zero-order valence-electron chi connectivity index (χ0n) is 12.0. The van der Waals surface area contributed by atoms with Crippen molar-refractivity contribution in [2.24, 2.45) is 0 Å². The number of aryl methyl sites for hydroxylation is 1. The van der Waals surface area contributed by atoms with E-state index in [1.54, 1.807) is 0 Å². The third-order valence-electron chi connectivity index (χ3n) is 3.80. The molecule has 1 aliphatic rings. The largest absolute Gasteiger partial charge is 0.303 e. The SMILES string of the molecule is Cc1csc(C2(NC(C)C)CCCCCCC2)n1. The lowest BCUT2D eigenvalue weighted by atomic mass is 9.83. The van der Waals surface area contributed by atoms with Crippen molar-refractivity contribution in [2.75, 3.05) is 0 Å². The molecular weight excluding hydrogens is 240 g/mol. The third kappa shape index (κ3) is 3.33. The van der Waals surface area contributed by atoms with E-state index >= 15 is 0 Å². The molecule has 1 aromatic heterocycles. The van der Waals surface area contributed by atoms with Crippen LogP contribution in [0.1, 0.15) is 69.5 Å². The molecule has 1 N–H and O–H groups in total. The summed E-state index contributed by atoms with van der Waals surface area (Å²) in [6.07, 6.45) is 9.33. The zero-order valence-corrected chi connectivity index (χ0v) is 12.8. The Balaban J connectivity index is 2.25. The molecule has 0 radical (unpaired) electrons. The van der Waals surface area contributed by atoms with Gasteiger partial charge in [-0.3, -0.25) is 0 Å². The van der Waals surface area contributed by atoms with Gasteiger partial charge in [0.2, 0.25) is 0 Å². The first kappa shape index (κ1) is 14.0. The molecule has 0 atom stereocenters. The van der Waals surface area contributed by atoms with Gasteiger partial charge in [-0.15, -0.1) is 11.3 Å². The zero-order chi connectivity index (χ0) is 13.0. The second kappa shape index (κ2) is 6.16. The summed E-state index contributed by atoms with van der Waals surface area (Å²) in [7, 11) is 0. The quantitative estimate of drug-likeness (QED) is 0.877. The highest BCUT2D eigenvalue weighted by atomic mass is 32.1. The van der Waals surface area contributed by atoms with Crippen LogP contribution in [-0.4, -0.2) is 11.0 Å². The Bertz CT molecular complexity index is 362. The molecule has 1 aliphatic carbocycles. The second-order valence-electron chi connectivity index (χ2n) is 5.94. The summed E-state index contributed by atoms with van der Waals surface area (Å²) < 4.78 is 0. The van der Waals surface area contributed by atoms with Gasteiger partial charge in [-0.25, -0.2) is 4.98 Å². The Morgan fingerprint density at radius 1 is 1.17 bits per heavy atom. The first-order chi connectivity index (χ1) is 8.62. The number of aromatic nitrogens is 1. The van der Waals surface area contributed by atoms with E-state index in [0.717, 1.165) is 0 Å². The lowest BCUT2D eigenvalue weighted by molar-refractivity contribution is 0.233. The maximum Gasteiger partial charge on any atom is 0.113 e. The monoisotopic (exact) mass is 266 g/mol. The van der Waals surface area contributed by atoms with Crippen LogP contribution in [-0.2, 0) is 5.54 Å². The van der Waals surface area contributed by atoms with Gasteiger partial charge in [0.05, 0.1) is 5.54 Å². The molecule has 3 heteroatoms. The van der Waals surface area contributed by atoms with E-state index in [4.69, 9.17) is 4.98 Å². The number of nitrogens with one attached hydrogen (secondary N) is 1. The van der Waals surface area contributed by atoms with Crippen LogP contribution in [0.25, 0.3) is 0 Å². The number of thiazole rings is 1. The van der Waals surface area contributed by atoms with Gasteiger partial charge < -0.3 is 5.32 Å². The fourth-order valence-corrected chi connectivity index (χ4v) is 4.08. The van der Waals surface area contributed by atoms with Gasteiger partial charge in [0.25, 0.3) is 0 Å². The highest BCUT2D eigenvalue weighted by molar-refractivity contribution is 7.09. The molecule has 2 rings (SSSR count). The Hall–Kier alpha value is -0.410. The maximum atomic E-state index is 4.79. The minimum Gasteiger partial charge on any atom is -0.303 e. The van der Waals surface area contributed by atoms with Gasteiger partial charge in [0.15, 0.2) is 0 Å². The van der Waals surface area contributed by atoms with E-state index in [0.29, 0.717) is 6.04 Å². The fraction of sp³-hybridized carbons (Fsp3) is 0.800. The summed E-state index contributed by atoms with van der Waals surface area (Å²) in [5.74, 6) is 0. The lowest BCUT2D eigenvalue weighted by Gasteiger charge is -2.36. The van der Waals surface area contributed by atoms with Gasteiger partial charge in [0, 0.05) is 17.1 Å². The van der Waals surface area contributed by atoms with Crippen molar-refractivity contribution in [2.45, 2.75) is 77.3 Å². The Morgan fingerprint density at radius 2 is 1.78 bits per heavy atom. The molecule has 1 fully saturated rings. The first-order valence-corrected chi connectivity index (χ1v) is 8.21. The molecule has 0 saturated heterocycles. The predicted molar refractivity (Wildman–Crippen MR) is 79.1 cm³/mol. The van der Waals surface area contributed by atoms with Gasteiger partial charge in [-0.1, -0.05) is 32.1 Å². The van der Waals surface area contributed by atoms with Crippen LogP contribution in [0, 0.1) is 6.92 Å². The predicted octanol–water partition coefficient (Wildman–Crippen LogP) is 4.39. The van der Waals surface area contributed by atoms with Gasteiger partial charge in [-0.2, -0.15) is 0 Å². The summed E-state index contributed by atoms with van der Waals surface area (Å²) in [6, 6.07) is 0.522. The van der Waals surface area contributed by atoms with E-state index < -0.39 is 0 Å². The van der Waals surface area contributed by atoms with Gasteiger partial charge in [0.1, 0.15) is 5.01 Å². The van der Waals surface area contributed by atoms with Crippen molar-refractivity contribution in [3.8, 4) is 0 Å². The second-order valence-corrected chi connectivity index (χ2v) is 6.80. The van der Waals surface area contributed by atoms with Crippen LogP contribution in [0.4, 0.5) is 0 Å². The fourth-order valence-electron chi connectivity index (χ4n) is 3.06. The molecule has 18 heavy (non-hydrogen) atoms. The Morgan fingerprint density at radius 3 is 2.28 bits per heavy atom. The molecule has 1 aromatic rings. The summed E-state index contributed by atoms with van der Waals surface area (Å²) in [6.45, 7) is 6.61. The molecule has 0 unspecified atom stereocenters. The Kier molecular flexibility index (Phi) is 4.79. The van der Waals surface area contributed by atoms with Crippen LogP contribution < -0.4 is 5.32 Å². The minimum atomic E-state index is 0.146. The van der Waals surface area contributed by atoms with Crippen LogP contribution >= 0.6 is 11.3 Å². The van der Waals surface area contributed by atoms with E-state index in [2.05, 4.69) is 31.5 Å². The van der Waals surface area contributed by atoms with E-state index in [1.165, 1.54) is 55.6 Å². The molecule has 0 spiro atoms. The normalized spacial score (nSPS) is 20.7. The Labute approximate surface area is 115 Å². The number of hydrogen-bond donors (Lipinski definition) is 1. The van der Waals surface area contributed by atoms with Gasteiger partial charge >= 0.3 is 0 Å². The minimum absolute atomic E-state index is 0.146. The van der Waals surface area contributed by atoms with Crippen molar-refractivity contribution < 1.29 is 0 Å². The van der Waals surface area contributed by atoms with Crippen LogP contribution in [0.2, 0.25) is 0 Å². The maximum absolute atomic E-state index is 4.79. The topological polar surface area (TPSA) is 24.9 Å².